The van der Waals surface area contributed by atoms with Crippen molar-refractivity contribution in [2.24, 2.45) is 7.05 Å². The van der Waals surface area contributed by atoms with Crippen molar-refractivity contribution in [1.29, 1.82) is 0 Å². The van der Waals surface area contributed by atoms with Crippen molar-refractivity contribution in [3.05, 3.63) is 66.7 Å². The third kappa shape index (κ3) is 2.46. The number of nitrogens with zero attached hydrogens (tertiary/aromatic N) is 2. The van der Waals surface area contributed by atoms with Crippen LogP contribution in [0.3, 0.4) is 0 Å². The van der Waals surface area contributed by atoms with Crippen molar-refractivity contribution >= 4 is 10.8 Å². The summed E-state index contributed by atoms with van der Waals surface area (Å²) in [5, 5.41) is 2.65. The predicted molar refractivity (Wildman–Crippen MR) is 68.7 cm³/mol. The first-order chi connectivity index (χ1) is 8.33. The van der Waals surface area contributed by atoms with Crippen LogP contribution in [0, 0.1) is 0 Å². The van der Waals surface area contributed by atoms with E-state index in [0.717, 1.165) is 6.54 Å². The van der Waals surface area contributed by atoms with Crippen molar-refractivity contribution < 1.29 is 21.5 Å². The third-order valence-electron chi connectivity index (χ3n) is 3.06. The highest BCUT2D eigenvalue weighted by Gasteiger charge is 2.05. The van der Waals surface area contributed by atoms with E-state index in [4.69, 9.17) is 0 Å². The second-order valence-electron chi connectivity index (χ2n) is 4.39. The average molecular weight is 303 g/mol. The first-order valence-corrected chi connectivity index (χ1v) is 5.80. The van der Waals surface area contributed by atoms with Gasteiger partial charge in [0, 0.05) is 5.56 Å². The van der Waals surface area contributed by atoms with Crippen LogP contribution in [0.2, 0.25) is 0 Å². The molecule has 0 aliphatic heterocycles. The summed E-state index contributed by atoms with van der Waals surface area (Å²) >= 11 is 0. The molecule has 0 fully saturated rings. The van der Waals surface area contributed by atoms with Gasteiger partial charge >= 0.3 is 0 Å². The van der Waals surface area contributed by atoms with Gasteiger partial charge in [-0.2, -0.15) is 0 Å². The van der Waals surface area contributed by atoms with E-state index in [9.17, 15) is 0 Å². The van der Waals surface area contributed by atoms with Gasteiger partial charge in [0.15, 0.2) is 0 Å². The fraction of sp³-hybridized carbons (Fsp3) is 0.133. The van der Waals surface area contributed by atoms with Crippen molar-refractivity contribution in [2.45, 2.75) is 6.54 Å². The van der Waals surface area contributed by atoms with E-state index in [1.807, 2.05) is 7.05 Å². The zero-order valence-electron chi connectivity index (χ0n) is 10.3. The molecule has 1 heterocycles. The smallest absolute Gasteiger partial charge is 0.243 e. The molecule has 0 saturated carbocycles. The Bertz CT molecular complexity index is 653. The molecule has 3 aromatic rings. The van der Waals surface area contributed by atoms with Gasteiger partial charge in [-0.25, -0.2) is 9.13 Å². The van der Waals surface area contributed by atoms with Crippen molar-refractivity contribution in [3.8, 4) is 0 Å². The van der Waals surface area contributed by atoms with E-state index >= 15 is 0 Å². The number of rotatable bonds is 2. The number of hydrogen-bond acceptors (Lipinski definition) is 0. The van der Waals surface area contributed by atoms with Gasteiger partial charge in [-0.05, 0) is 10.8 Å². The maximum Gasteiger partial charge on any atom is 0.243 e. The minimum Gasteiger partial charge on any atom is -1.00 e. The number of aromatic nitrogens is 2. The van der Waals surface area contributed by atoms with E-state index in [1.54, 1.807) is 0 Å². The molecule has 0 unspecified atom stereocenters. The zero-order chi connectivity index (χ0) is 11.7. The fourth-order valence-electron chi connectivity index (χ4n) is 2.22. The summed E-state index contributed by atoms with van der Waals surface area (Å²) in [6.45, 7) is 0.919. The van der Waals surface area contributed by atoms with Gasteiger partial charge in [0.1, 0.15) is 18.9 Å². The van der Waals surface area contributed by atoms with Gasteiger partial charge in [0.05, 0.1) is 7.05 Å². The van der Waals surface area contributed by atoms with Gasteiger partial charge in [-0.15, -0.1) is 0 Å². The molecule has 0 radical (unpaired) electrons. The Morgan fingerprint density at radius 3 is 2.61 bits per heavy atom. The summed E-state index contributed by atoms with van der Waals surface area (Å²) in [7, 11) is 2.04. The first-order valence-electron chi connectivity index (χ1n) is 5.80. The van der Waals surface area contributed by atoms with E-state index in [2.05, 4.69) is 70.3 Å². The van der Waals surface area contributed by atoms with Crippen LogP contribution in [0.4, 0.5) is 0 Å². The van der Waals surface area contributed by atoms with Crippen molar-refractivity contribution in [2.75, 3.05) is 0 Å². The number of hydrogen-bond donors (Lipinski definition) is 0. The topological polar surface area (TPSA) is 8.81 Å². The molecule has 0 amide bonds. The second-order valence-corrected chi connectivity index (χ2v) is 4.39. The van der Waals surface area contributed by atoms with E-state index in [1.165, 1.54) is 16.3 Å². The van der Waals surface area contributed by atoms with Gasteiger partial charge in [-0.3, -0.25) is 0 Å². The molecule has 18 heavy (non-hydrogen) atoms. The van der Waals surface area contributed by atoms with Crippen LogP contribution in [0.5, 0.6) is 0 Å². The van der Waals surface area contributed by atoms with Crippen LogP contribution < -0.4 is 21.5 Å². The van der Waals surface area contributed by atoms with Crippen LogP contribution in [-0.2, 0) is 13.6 Å². The standard InChI is InChI=1S/C15H15N2.BrH/c1-16-9-10-17(12-16)11-14-7-4-6-13-5-2-3-8-15(13)14;/h2-10,12H,11H2,1H3;1H/q+1;/p-1. The van der Waals surface area contributed by atoms with Crippen LogP contribution in [-0.4, -0.2) is 4.57 Å². The lowest BCUT2D eigenvalue weighted by Crippen LogP contribution is -3.00. The Hall–Kier alpha value is -1.61. The second kappa shape index (κ2) is 5.36. The summed E-state index contributed by atoms with van der Waals surface area (Å²) in [5.41, 5.74) is 1.36. The lowest BCUT2D eigenvalue weighted by Gasteiger charge is -2.03. The monoisotopic (exact) mass is 302 g/mol. The van der Waals surface area contributed by atoms with E-state index in [0.29, 0.717) is 0 Å². The summed E-state index contributed by atoms with van der Waals surface area (Å²) in [6.07, 6.45) is 6.26. The summed E-state index contributed by atoms with van der Waals surface area (Å²) in [5.74, 6) is 0. The number of aryl methyl sites for hydroxylation is 1. The average Bonchev–Trinajstić information content (AvgIpc) is 2.75. The molecule has 3 rings (SSSR count). The molecule has 3 heteroatoms. The molecule has 0 saturated heterocycles. The Morgan fingerprint density at radius 2 is 1.83 bits per heavy atom. The molecule has 92 valence electrons. The summed E-state index contributed by atoms with van der Waals surface area (Å²) in [6, 6.07) is 15.0. The number of fused-ring (bicyclic) bond motifs is 1. The minimum absolute atomic E-state index is 0. The Balaban J connectivity index is 0.00000120. The van der Waals surface area contributed by atoms with Crippen LogP contribution in [0.1, 0.15) is 5.56 Å². The molecule has 0 spiro atoms. The Morgan fingerprint density at radius 1 is 1.06 bits per heavy atom. The molecule has 1 aromatic heterocycles. The van der Waals surface area contributed by atoms with Gasteiger partial charge in [-0.1, -0.05) is 42.5 Å². The highest BCUT2D eigenvalue weighted by molar-refractivity contribution is 5.85. The lowest BCUT2D eigenvalue weighted by atomic mass is 10.0. The molecule has 0 atom stereocenters. The molecule has 2 aromatic carbocycles. The highest BCUT2D eigenvalue weighted by Crippen LogP contribution is 2.17. The Labute approximate surface area is 117 Å². The fourth-order valence-corrected chi connectivity index (χ4v) is 2.22. The van der Waals surface area contributed by atoms with Crippen molar-refractivity contribution in [3.63, 3.8) is 0 Å². The SMILES string of the molecule is Cn1cc[n+](Cc2cccc3ccccc23)c1.[Br-]. The zero-order valence-corrected chi connectivity index (χ0v) is 11.8. The van der Waals surface area contributed by atoms with Crippen LogP contribution in [0.25, 0.3) is 10.8 Å². The maximum atomic E-state index is 2.20. The molecule has 0 aliphatic carbocycles. The third-order valence-corrected chi connectivity index (χ3v) is 3.06. The molecule has 2 nitrogen and oxygen atoms in total. The first kappa shape index (κ1) is 12.8. The molecule has 0 bridgehead atoms. The highest BCUT2D eigenvalue weighted by atomic mass is 79.9. The molecular formula is C15H15BrN2. The number of benzene rings is 2. The van der Waals surface area contributed by atoms with Crippen LogP contribution >= 0.6 is 0 Å². The minimum atomic E-state index is 0. The molecular weight excluding hydrogens is 288 g/mol. The van der Waals surface area contributed by atoms with Crippen molar-refractivity contribution in [1.82, 2.24) is 4.57 Å². The lowest BCUT2D eigenvalue weighted by molar-refractivity contribution is -0.687. The van der Waals surface area contributed by atoms with E-state index in [-0.39, 0.29) is 17.0 Å². The van der Waals surface area contributed by atoms with Gasteiger partial charge in [0.2, 0.25) is 6.33 Å². The van der Waals surface area contributed by atoms with Crippen LogP contribution in [0.15, 0.2) is 61.2 Å². The summed E-state index contributed by atoms with van der Waals surface area (Å²) in [4.78, 5) is 0. The van der Waals surface area contributed by atoms with Gasteiger partial charge < -0.3 is 17.0 Å². The normalized spacial score (nSPS) is 10.3. The van der Waals surface area contributed by atoms with E-state index < -0.39 is 0 Å². The quantitative estimate of drug-likeness (QED) is 0.566. The van der Waals surface area contributed by atoms with Gasteiger partial charge in [0.25, 0.3) is 0 Å². The largest absolute Gasteiger partial charge is 1.00 e. The Kier molecular flexibility index (Phi) is 3.82. The predicted octanol–water partition coefficient (Wildman–Crippen LogP) is -0.482. The summed E-state index contributed by atoms with van der Waals surface area (Å²) < 4.78 is 4.26. The number of imidazole rings is 1. The number of halogens is 1. The molecule has 0 aliphatic rings. The molecule has 0 N–H and O–H groups in total. The maximum absolute atomic E-state index is 2.20.